The van der Waals surface area contributed by atoms with E-state index in [0.29, 0.717) is 23.7 Å². The van der Waals surface area contributed by atoms with Crippen LogP contribution in [0, 0.1) is 3.89 Å². The molecule has 5 heteroatoms. The first kappa shape index (κ1) is 31.7. The van der Waals surface area contributed by atoms with E-state index in [0.717, 1.165) is 6.54 Å². The van der Waals surface area contributed by atoms with E-state index >= 15 is 0 Å². The summed E-state index contributed by atoms with van der Waals surface area (Å²) >= 11 is -1.92. The van der Waals surface area contributed by atoms with Gasteiger partial charge in [-0.3, -0.25) is 0 Å². The summed E-state index contributed by atoms with van der Waals surface area (Å²) in [5.41, 5.74) is 9.31. The number of benzene rings is 3. The van der Waals surface area contributed by atoms with Crippen molar-refractivity contribution in [3.05, 3.63) is 105 Å². The molecule has 0 bridgehead atoms. The fourth-order valence-electron chi connectivity index (χ4n) is 5.56. The van der Waals surface area contributed by atoms with Crippen LogP contribution < -0.4 is 4.04 Å². The Hall–Kier alpha value is -2.22. The van der Waals surface area contributed by atoms with E-state index < -0.39 is 15.3 Å². The van der Waals surface area contributed by atoms with Crippen molar-refractivity contribution in [3.8, 4) is 11.4 Å². The van der Waals surface area contributed by atoms with Gasteiger partial charge in [-0.25, -0.2) is 0 Å². The molecule has 1 heterocycles. The van der Waals surface area contributed by atoms with Crippen LogP contribution in [0.3, 0.4) is 0 Å². The Balaban J connectivity index is 2.25. The van der Waals surface area contributed by atoms with Crippen LogP contribution in [-0.4, -0.2) is 28.1 Å². The van der Waals surface area contributed by atoms with Crippen molar-refractivity contribution in [2.24, 2.45) is 0 Å². The van der Waals surface area contributed by atoms with Gasteiger partial charge in [-0.15, -0.1) is 0 Å². The van der Waals surface area contributed by atoms with E-state index in [1.165, 1.54) is 47.1 Å². The number of rotatable bonds is 9. The first-order valence-electron chi connectivity index (χ1n) is 14.8. The van der Waals surface area contributed by atoms with Crippen LogP contribution in [0.4, 0.5) is 0 Å². The molecule has 4 rings (SSSR count). The van der Waals surface area contributed by atoms with Gasteiger partial charge in [0.15, 0.2) is 0 Å². The average Bonchev–Trinajstić information content (AvgIpc) is 3.36. The molecule has 0 saturated heterocycles. The molecule has 41 heavy (non-hydrogen) atoms. The predicted molar refractivity (Wildman–Crippen MR) is 174 cm³/mol. The maximum atomic E-state index is 7.86. The molecular weight excluding hydrogens is 616 g/mol. The molecule has 0 spiro atoms. The number of nitrogens with zero attached hydrogens (tertiary/aromatic N) is 3. The molecule has 0 N–H and O–H groups in total. The third kappa shape index (κ3) is 6.57. The van der Waals surface area contributed by atoms with Crippen LogP contribution in [-0.2, 0) is 21.8 Å². The Labute approximate surface area is 257 Å². The third-order valence-corrected chi connectivity index (χ3v) is 11.8. The van der Waals surface area contributed by atoms with Gasteiger partial charge >= 0.3 is 259 Å². The molecule has 0 unspecified atom stereocenters. The third-order valence-electron chi connectivity index (χ3n) is 7.59. The van der Waals surface area contributed by atoms with Crippen LogP contribution in [0.5, 0.6) is 0 Å². The van der Waals surface area contributed by atoms with Crippen molar-refractivity contribution in [3.63, 3.8) is 0 Å². The van der Waals surface area contributed by atoms with Crippen LogP contribution in [0.15, 0.2) is 73.1 Å². The summed E-state index contributed by atoms with van der Waals surface area (Å²) < 4.78 is 7.36. The molecule has 0 atom stereocenters. The molecule has 0 radical (unpaired) electrons. The molecular formula is C36H48ClN3Pd. The zero-order valence-electron chi connectivity index (χ0n) is 26.5. The van der Waals surface area contributed by atoms with Gasteiger partial charge in [-0.05, 0) is 0 Å². The molecule has 0 saturated carbocycles. The van der Waals surface area contributed by atoms with E-state index in [-0.39, 0.29) is 0 Å². The predicted octanol–water partition coefficient (Wildman–Crippen LogP) is 9.45. The second-order valence-corrected chi connectivity index (χ2v) is 16.4. The second-order valence-electron chi connectivity index (χ2n) is 12.5. The Morgan fingerprint density at radius 3 is 1.37 bits per heavy atom. The van der Waals surface area contributed by atoms with Crippen LogP contribution >= 0.6 is 9.53 Å². The number of imidazole rings is 1. The Bertz CT molecular complexity index is 1430. The molecule has 4 aromatic rings. The van der Waals surface area contributed by atoms with Crippen LogP contribution in [0.1, 0.15) is 107 Å². The van der Waals surface area contributed by atoms with Gasteiger partial charge in [-0.1, -0.05) is 0 Å². The monoisotopic (exact) mass is 663 g/mol. The summed E-state index contributed by atoms with van der Waals surface area (Å²) in [6.07, 6.45) is 4.55. The Morgan fingerprint density at radius 2 is 1.00 bits per heavy atom. The first-order valence-corrected chi connectivity index (χ1v) is 18.4. The van der Waals surface area contributed by atoms with E-state index in [1.807, 2.05) is 0 Å². The first-order chi connectivity index (χ1) is 19.4. The maximum absolute atomic E-state index is 7.86. The van der Waals surface area contributed by atoms with E-state index in [2.05, 4.69) is 157 Å². The van der Waals surface area contributed by atoms with Gasteiger partial charge < -0.3 is 0 Å². The summed E-state index contributed by atoms with van der Waals surface area (Å²) in [5, 5.41) is 0. The van der Waals surface area contributed by atoms with Gasteiger partial charge in [-0.2, -0.15) is 0 Å². The fourth-order valence-corrected chi connectivity index (χ4v) is 9.61. The quantitative estimate of drug-likeness (QED) is 0.163. The molecule has 1 aromatic heterocycles. The number of halogens is 1. The summed E-state index contributed by atoms with van der Waals surface area (Å²) in [6.45, 7) is 19.2. The van der Waals surface area contributed by atoms with Crippen molar-refractivity contribution < 1.29 is 15.3 Å². The molecule has 0 amide bonds. The zero-order chi connectivity index (χ0) is 30.0. The number of hydrogen-bond donors (Lipinski definition) is 0. The molecule has 0 aliphatic carbocycles. The molecule has 3 nitrogen and oxygen atoms in total. The summed E-state index contributed by atoms with van der Waals surface area (Å²) in [7, 11) is 12.1. The summed E-state index contributed by atoms with van der Waals surface area (Å²) in [6, 6.07) is 22.4. The summed E-state index contributed by atoms with van der Waals surface area (Å²) in [5.74, 6) is 1.54. The van der Waals surface area contributed by atoms with Crippen LogP contribution in [0.2, 0.25) is 0 Å². The normalized spacial score (nSPS) is 12.4. The van der Waals surface area contributed by atoms with Crippen molar-refractivity contribution >= 4 is 13.6 Å². The SMILES string of the molecule is CC(C)c1cccc(C(C)C)c1-n1ccn(-c2c(C(C)C)cccc2C(C)C)[c]1=[Pd]([Cl])[c]1ccccc1CN(C)C. The van der Waals surface area contributed by atoms with Gasteiger partial charge in [0.05, 0.1) is 0 Å². The van der Waals surface area contributed by atoms with Gasteiger partial charge in [0, 0.05) is 0 Å². The number of hydrogen-bond acceptors (Lipinski definition) is 1. The van der Waals surface area contributed by atoms with E-state index in [9.17, 15) is 0 Å². The van der Waals surface area contributed by atoms with Gasteiger partial charge in [0.2, 0.25) is 0 Å². The standard InChI is InChI=1S/C27H36N2.C9H12N.ClH.Pd/c1-18(2)22-11-9-12-23(19(3)4)26(22)28-15-16-29(17-28)27-24(20(5)6)13-10-14-25(27)21(7)8;1-10(2)8-9-6-4-3-5-7-9;;/h9-16,18-21H,1-8H3;3-6H,8H2,1-2H3;1H;/q;;;+1/p-1. The van der Waals surface area contributed by atoms with Gasteiger partial charge in [0.25, 0.3) is 0 Å². The summed E-state index contributed by atoms with van der Waals surface area (Å²) in [4.78, 5) is 2.23. The minimum atomic E-state index is -1.92. The Kier molecular flexibility index (Phi) is 10.4. The second kappa shape index (κ2) is 13.4. The Morgan fingerprint density at radius 1 is 0.610 bits per heavy atom. The topological polar surface area (TPSA) is 13.1 Å². The zero-order valence-corrected chi connectivity index (χ0v) is 28.8. The molecule has 0 aliphatic heterocycles. The molecule has 3 aromatic carbocycles. The number of para-hydroxylation sites is 2. The van der Waals surface area contributed by atoms with Crippen LogP contribution in [0.25, 0.3) is 11.4 Å². The van der Waals surface area contributed by atoms with Gasteiger partial charge in [0.1, 0.15) is 0 Å². The average molecular weight is 665 g/mol. The van der Waals surface area contributed by atoms with Crippen molar-refractivity contribution in [2.75, 3.05) is 14.1 Å². The van der Waals surface area contributed by atoms with E-state index in [4.69, 9.17) is 9.53 Å². The molecule has 0 aliphatic rings. The van der Waals surface area contributed by atoms with Crippen molar-refractivity contribution in [1.29, 1.82) is 0 Å². The van der Waals surface area contributed by atoms with Crippen molar-refractivity contribution in [1.82, 2.24) is 14.0 Å². The molecule has 0 fully saturated rings. The molecule has 224 valence electrons. The minimum absolute atomic E-state index is 0.385. The fraction of sp³-hybridized carbons (Fsp3) is 0.417. The van der Waals surface area contributed by atoms with E-state index in [1.54, 1.807) is 0 Å². The number of aromatic nitrogens is 2. The van der Waals surface area contributed by atoms with Crippen molar-refractivity contribution in [2.45, 2.75) is 85.6 Å².